The minimum absolute atomic E-state index is 0.119. The zero-order chi connectivity index (χ0) is 12.9. The number of carbonyl (C=O) groups excluding carboxylic acids is 1. The second kappa shape index (κ2) is 5.48. The van der Waals surface area contributed by atoms with Crippen LogP contribution in [0.5, 0.6) is 0 Å². The molecule has 1 amide bonds. The summed E-state index contributed by atoms with van der Waals surface area (Å²) < 4.78 is 0. The third kappa shape index (κ3) is 5.33. The highest BCUT2D eigenvalue weighted by Gasteiger charge is 2.27. The van der Waals surface area contributed by atoms with E-state index in [0.717, 1.165) is 0 Å². The largest absolute Gasteiger partial charge is 0.481 e. The maximum atomic E-state index is 11.5. The Labute approximate surface area is 93.6 Å². The smallest absolute Gasteiger partial charge is 0.326 e. The number of hydrogen-bond donors (Lipinski definition) is 3. The van der Waals surface area contributed by atoms with Crippen molar-refractivity contribution in [1.29, 1.82) is 0 Å². The van der Waals surface area contributed by atoms with Gasteiger partial charge in [-0.2, -0.15) is 0 Å². The number of amides is 1. The van der Waals surface area contributed by atoms with Crippen molar-refractivity contribution >= 4 is 17.8 Å². The number of carbonyl (C=O) groups is 3. The van der Waals surface area contributed by atoms with Gasteiger partial charge in [0.1, 0.15) is 6.04 Å². The van der Waals surface area contributed by atoms with Crippen LogP contribution in [-0.4, -0.2) is 34.1 Å². The van der Waals surface area contributed by atoms with Crippen molar-refractivity contribution < 1.29 is 24.6 Å². The molecule has 16 heavy (non-hydrogen) atoms. The average molecular weight is 231 g/mol. The van der Waals surface area contributed by atoms with Crippen LogP contribution in [-0.2, 0) is 14.4 Å². The predicted molar refractivity (Wildman–Crippen MR) is 55.9 cm³/mol. The van der Waals surface area contributed by atoms with Crippen molar-refractivity contribution in [2.45, 2.75) is 39.7 Å². The van der Waals surface area contributed by atoms with Crippen LogP contribution in [0, 0.1) is 5.41 Å². The van der Waals surface area contributed by atoms with Gasteiger partial charge in [0.25, 0.3) is 0 Å². The molecule has 1 atom stereocenters. The number of hydrogen-bond acceptors (Lipinski definition) is 3. The fraction of sp³-hybridized carbons (Fsp3) is 0.700. The third-order valence-corrected chi connectivity index (χ3v) is 1.93. The first-order chi connectivity index (χ1) is 7.14. The quantitative estimate of drug-likeness (QED) is 0.638. The molecule has 0 aromatic heterocycles. The number of aliphatic carboxylic acids is 2. The molecule has 0 aliphatic carbocycles. The van der Waals surface area contributed by atoms with Gasteiger partial charge in [0.2, 0.25) is 5.91 Å². The van der Waals surface area contributed by atoms with Gasteiger partial charge in [-0.05, 0) is 6.42 Å². The van der Waals surface area contributed by atoms with E-state index < -0.39 is 29.3 Å². The molecule has 6 nitrogen and oxygen atoms in total. The first kappa shape index (κ1) is 14.4. The first-order valence-electron chi connectivity index (χ1n) is 4.90. The van der Waals surface area contributed by atoms with Crippen LogP contribution in [0.4, 0.5) is 0 Å². The highest BCUT2D eigenvalue weighted by Crippen LogP contribution is 2.13. The molecule has 0 aliphatic rings. The normalized spacial score (nSPS) is 12.9. The maximum absolute atomic E-state index is 11.5. The number of carboxylic acids is 2. The molecule has 0 heterocycles. The number of carboxylic acid groups (broad SMARTS) is 2. The van der Waals surface area contributed by atoms with Gasteiger partial charge in [-0.3, -0.25) is 9.59 Å². The Morgan fingerprint density at radius 1 is 1.19 bits per heavy atom. The van der Waals surface area contributed by atoms with Gasteiger partial charge in [-0.1, -0.05) is 20.8 Å². The Bertz CT molecular complexity index is 292. The summed E-state index contributed by atoms with van der Waals surface area (Å²) >= 11 is 0. The summed E-state index contributed by atoms with van der Waals surface area (Å²) in [6, 6.07) is -1.15. The van der Waals surface area contributed by atoms with Crippen molar-refractivity contribution in [3.8, 4) is 0 Å². The Morgan fingerprint density at radius 2 is 1.69 bits per heavy atom. The standard InChI is InChI=1S/C10H17NO5/c1-10(2,3)9(16)11-6(8(14)15)4-5-7(12)13/h6H,4-5H2,1-3H3,(H,11,16)(H,12,13)(H,14,15). The van der Waals surface area contributed by atoms with E-state index in [-0.39, 0.29) is 12.8 Å². The predicted octanol–water partition coefficient (Wildman–Crippen LogP) is 0.467. The summed E-state index contributed by atoms with van der Waals surface area (Å²) in [5.74, 6) is -2.72. The monoisotopic (exact) mass is 231 g/mol. The van der Waals surface area contributed by atoms with E-state index in [1.54, 1.807) is 20.8 Å². The van der Waals surface area contributed by atoms with Gasteiger partial charge in [0, 0.05) is 11.8 Å². The molecular formula is C10H17NO5. The molecule has 0 aromatic rings. The Hall–Kier alpha value is -1.59. The van der Waals surface area contributed by atoms with Crippen LogP contribution in [0.2, 0.25) is 0 Å². The maximum Gasteiger partial charge on any atom is 0.326 e. The summed E-state index contributed by atoms with van der Waals surface area (Å²) in [6.07, 6.45) is -0.409. The molecule has 0 aliphatic heterocycles. The van der Waals surface area contributed by atoms with E-state index in [4.69, 9.17) is 10.2 Å². The van der Waals surface area contributed by atoms with Gasteiger partial charge in [0.05, 0.1) is 0 Å². The van der Waals surface area contributed by atoms with Crippen LogP contribution in [0.3, 0.4) is 0 Å². The lowest BCUT2D eigenvalue weighted by molar-refractivity contribution is -0.144. The average Bonchev–Trinajstić information content (AvgIpc) is 2.09. The van der Waals surface area contributed by atoms with E-state index in [9.17, 15) is 14.4 Å². The van der Waals surface area contributed by atoms with Gasteiger partial charge < -0.3 is 15.5 Å². The molecule has 0 saturated heterocycles. The van der Waals surface area contributed by atoms with Crippen molar-refractivity contribution in [3.05, 3.63) is 0 Å². The molecule has 0 saturated carbocycles. The highest BCUT2D eigenvalue weighted by atomic mass is 16.4. The molecule has 0 aromatic carbocycles. The van der Waals surface area contributed by atoms with E-state index >= 15 is 0 Å². The molecule has 0 spiro atoms. The molecule has 3 N–H and O–H groups in total. The highest BCUT2D eigenvalue weighted by molar-refractivity contribution is 5.86. The second-order valence-corrected chi connectivity index (χ2v) is 4.55. The number of rotatable bonds is 5. The lowest BCUT2D eigenvalue weighted by Crippen LogP contribution is -2.45. The fourth-order valence-corrected chi connectivity index (χ4v) is 0.900. The second-order valence-electron chi connectivity index (χ2n) is 4.55. The summed E-state index contributed by atoms with van der Waals surface area (Å²) in [4.78, 5) is 32.6. The summed E-state index contributed by atoms with van der Waals surface area (Å²) in [5.41, 5.74) is -0.697. The van der Waals surface area contributed by atoms with Crippen LogP contribution >= 0.6 is 0 Å². The van der Waals surface area contributed by atoms with E-state index in [1.807, 2.05) is 0 Å². The SMILES string of the molecule is CC(C)(C)C(=O)NC(CCC(=O)O)C(=O)O. The van der Waals surface area contributed by atoms with Crippen molar-refractivity contribution in [2.24, 2.45) is 5.41 Å². The minimum atomic E-state index is -1.22. The Kier molecular flexibility index (Phi) is 4.94. The lowest BCUT2D eigenvalue weighted by atomic mass is 9.95. The number of nitrogens with one attached hydrogen (secondary N) is 1. The van der Waals surface area contributed by atoms with Crippen molar-refractivity contribution in [1.82, 2.24) is 5.32 Å². The Morgan fingerprint density at radius 3 is 2.00 bits per heavy atom. The molecule has 0 rings (SSSR count). The van der Waals surface area contributed by atoms with Crippen LogP contribution in [0.1, 0.15) is 33.6 Å². The van der Waals surface area contributed by atoms with Crippen LogP contribution < -0.4 is 5.32 Å². The van der Waals surface area contributed by atoms with E-state index in [2.05, 4.69) is 5.32 Å². The van der Waals surface area contributed by atoms with Gasteiger partial charge in [0.15, 0.2) is 0 Å². The summed E-state index contributed by atoms with van der Waals surface area (Å²) in [7, 11) is 0. The van der Waals surface area contributed by atoms with Gasteiger partial charge in [-0.15, -0.1) is 0 Å². The molecule has 0 bridgehead atoms. The van der Waals surface area contributed by atoms with Crippen LogP contribution in [0.25, 0.3) is 0 Å². The lowest BCUT2D eigenvalue weighted by Gasteiger charge is -2.21. The molecule has 6 heteroatoms. The first-order valence-corrected chi connectivity index (χ1v) is 4.90. The van der Waals surface area contributed by atoms with Crippen LogP contribution in [0.15, 0.2) is 0 Å². The topological polar surface area (TPSA) is 104 Å². The van der Waals surface area contributed by atoms with E-state index in [1.165, 1.54) is 0 Å². The minimum Gasteiger partial charge on any atom is -0.481 e. The zero-order valence-electron chi connectivity index (χ0n) is 9.61. The van der Waals surface area contributed by atoms with Crippen molar-refractivity contribution in [3.63, 3.8) is 0 Å². The van der Waals surface area contributed by atoms with Gasteiger partial charge >= 0.3 is 11.9 Å². The summed E-state index contributed by atoms with van der Waals surface area (Å²) in [6.45, 7) is 4.95. The van der Waals surface area contributed by atoms with E-state index in [0.29, 0.717) is 0 Å². The van der Waals surface area contributed by atoms with Crippen molar-refractivity contribution in [2.75, 3.05) is 0 Å². The van der Waals surface area contributed by atoms with Gasteiger partial charge in [-0.25, -0.2) is 4.79 Å². The molecule has 0 radical (unpaired) electrons. The summed E-state index contributed by atoms with van der Waals surface area (Å²) in [5, 5.41) is 19.5. The molecular weight excluding hydrogens is 214 g/mol. The third-order valence-electron chi connectivity index (χ3n) is 1.93. The molecule has 1 unspecified atom stereocenters. The Balaban J connectivity index is 4.41. The zero-order valence-corrected chi connectivity index (χ0v) is 9.61. The molecule has 0 fully saturated rings. The fourth-order valence-electron chi connectivity index (χ4n) is 0.900. The molecule has 92 valence electrons.